The van der Waals surface area contributed by atoms with E-state index < -0.39 is 11.6 Å². The van der Waals surface area contributed by atoms with E-state index in [2.05, 4.69) is 15.6 Å². The SMILES string of the molecule is O=C(CCN1C(=O)NC2(CCCC2)C1=O)NC1CCCc2[nH]c(=O)ccc21. The zero-order valence-electron chi connectivity index (χ0n) is 15.2. The largest absolute Gasteiger partial charge is 0.349 e. The van der Waals surface area contributed by atoms with E-state index in [1.54, 1.807) is 6.07 Å². The number of H-pyrrole nitrogens is 1. The smallest absolute Gasteiger partial charge is 0.325 e. The standard InChI is InChI=1S/C19H24N4O4/c24-15-7-6-12-13(20-15)4-3-5-14(12)21-16(25)8-11-23-17(26)19(22-18(23)27)9-1-2-10-19/h6-7,14H,1-5,8-11H2,(H,20,24)(H,21,25)(H,22,27). The number of imide groups is 1. The number of fused-ring (bicyclic) bond motifs is 1. The summed E-state index contributed by atoms with van der Waals surface area (Å²) in [5.41, 5.74) is 0.937. The molecule has 1 saturated carbocycles. The molecule has 0 radical (unpaired) electrons. The predicted molar refractivity (Wildman–Crippen MR) is 96.9 cm³/mol. The van der Waals surface area contributed by atoms with Gasteiger partial charge in [0.25, 0.3) is 5.91 Å². The number of carbonyl (C=O) groups is 3. The molecule has 4 amide bonds. The van der Waals surface area contributed by atoms with E-state index in [1.807, 2.05) is 0 Å². The van der Waals surface area contributed by atoms with Gasteiger partial charge >= 0.3 is 6.03 Å². The van der Waals surface area contributed by atoms with Gasteiger partial charge in [-0.15, -0.1) is 0 Å². The molecule has 4 rings (SSSR count). The van der Waals surface area contributed by atoms with Crippen LogP contribution >= 0.6 is 0 Å². The Labute approximate surface area is 156 Å². The molecule has 27 heavy (non-hydrogen) atoms. The van der Waals surface area contributed by atoms with Crippen molar-refractivity contribution in [2.45, 2.75) is 62.9 Å². The molecule has 1 atom stereocenters. The van der Waals surface area contributed by atoms with Crippen LogP contribution in [0.4, 0.5) is 4.79 Å². The lowest BCUT2D eigenvalue weighted by atomic mass is 9.91. The summed E-state index contributed by atoms with van der Waals surface area (Å²) in [4.78, 5) is 52.7. The number of rotatable bonds is 4. The van der Waals surface area contributed by atoms with Gasteiger partial charge in [0.2, 0.25) is 11.5 Å². The maximum atomic E-state index is 12.6. The monoisotopic (exact) mass is 372 g/mol. The molecule has 2 fully saturated rings. The van der Waals surface area contributed by atoms with Crippen LogP contribution in [0, 0.1) is 0 Å². The lowest BCUT2D eigenvalue weighted by Gasteiger charge is -2.26. The van der Waals surface area contributed by atoms with E-state index >= 15 is 0 Å². The number of hydrogen-bond donors (Lipinski definition) is 3. The van der Waals surface area contributed by atoms with Crippen LogP contribution in [0.5, 0.6) is 0 Å². The Hall–Kier alpha value is -2.64. The number of hydrogen-bond acceptors (Lipinski definition) is 4. The van der Waals surface area contributed by atoms with E-state index in [9.17, 15) is 19.2 Å². The zero-order chi connectivity index (χ0) is 19.0. The van der Waals surface area contributed by atoms with Crippen LogP contribution in [0.1, 0.15) is 62.2 Å². The van der Waals surface area contributed by atoms with Gasteiger partial charge < -0.3 is 15.6 Å². The van der Waals surface area contributed by atoms with Crippen LogP contribution in [0.15, 0.2) is 16.9 Å². The first-order valence-corrected chi connectivity index (χ1v) is 9.64. The number of carbonyl (C=O) groups excluding carboxylic acids is 3. The highest BCUT2D eigenvalue weighted by Crippen LogP contribution is 2.35. The van der Waals surface area contributed by atoms with Gasteiger partial charge in [-0.2, -0.15) is 0 Å². The van der Waals surface area contributed by atoms with Crippen molar-refractivity contribution in [1.29, 1.82) is 0 Å². The van der Waals surface area contributed by atoms with Gasteiger partial charge in [0, 0.05) is 24.7 Å². The van der Waals surface area contributed by atoms with Crippen molar-refractivity contribution in [2.24, 2.45) is 0 Å². The third-order valence-electron chi connectivity index (χ3n) is 5.93. The molecule has 2 aliphatic carbocycles. The molecular weight excluding hydrogens is 348 g/mol. The summed E-state index contributed by atoms with van der Waals surface area (Å²) in [5, 5.41) is 5.80. The summed E-state index contributed by atoms with van der Waals surface area (Å²) in [5.74, 6) is -0.398. The average molecular weight is 372 g/mol. The molecule has 1 aromatic heterocycles. The Morgan fingerprint density at radius 3 is 2.74 bits per heavy atom. The fraction of sp³-hybridized carbons (Fsp3) is 0.579. The van der Waals surface area contributed by atoms with Crippen molar-refractivity contribution in [1.82, 2.24) is 20.5 Å². The van der Waals surface area contributed by atoms with Crippen molar-refractivity contribution in [3.63, 3.8) is 0 Å². The number of amides is 4. The molecule has 1 saturated heterocycles. The second-order valence-corrected chi connectivity index (χ2v) is 7.69. The highest BCUT2D eigenvalue weighted by atomic mass is 16.2. The van der Waals surface area contributed by atoms with Gasteiger partial charge in [-0.25, -0.2) is 4.79 Å². The molecule has 1 spiro atoms. The minimum atomic E-state index is -0.734. The molecule has 1 unspecified atom stereocenters. The van der Waals surface area contributed by atoms with Crippen molar-refractivity contribution < 1.29 is 14.4 Å². The molecule has 1 aromatic rings. The summed E-state index contributed by atoms with van der Waals surface area (Å²) in [6.45, 7) is 0.0868. The second kappa shape index (κ2) is 6.83. The van der Waals surface area contributed by atoms with Crippen LogP contribution in [0.25, 0.3) is 0 Å². The minimum absolute atomic E-state index is 0.0738. The van der Waals surface area contributed by atoms with Crippen LogP contribution in [-0.4, -0.2) is 39.8 Å². The van der Waals surface area contributed by atoms with Gasteiger partial charge in [-0.1, -0.05) is 12.8 Å². The molecule has 3 N–H and O–H groups in total. The van der Waals surface area contributed by atoms with E-state index in [1.165, 1.54) is 11.0 Å². The Balaban J connectivity index is 1.36. The Kier molecular flexibility index (Phi) is 4.49. The first-order valence-electron chi connectivity index (χ1n) is 9.64. The first-order chi connectivity index (χ1) is 13.0. The molecule has 0 aromatic carbocycles. The van der Waals surface area contributed by atoms with Crippen LogP contribution < -0.4 is 16.2 Å². The number of nitrogens with zero attached hydrogens (tertiary/aromatic N) is 1. The molecule has 2 heterocycles. The quantitative estimate of drug-likeness (QED) is 0.688. The van der Waals surface area contributed by atoms with Crippen molar-refractivity contribution in [3.05, 3.63) is 33.7 Å². The van der Waals surface area contributed by atoms with Crippen LogP contribution in [0.2, 0.25) is 0 Å². The van der Waals surface area contributed by atoms with Crippen molar-refractivity contribution in [2.75, 3.05) is 6.54 Å². The number of aromatic nitrogens is 1. The average Bonchev–Trinajstić information content (AvgIpc) is 3.19. The first kappa shape index (κ1) is 17.8. The summed E-state index contributed by atoms with van der Waals surface area (Å²) >= 11 is 0. The number of nitrogens with one attached hydrogen (secondary N) is 3. The van der Waals surface area contributed by atoms with Gasteiger partial charge in [-0.05, 0) is 43.7 Å². The zero-order valence-corrected chi connectivity index (χ0v) is 15.2. The highest BCUT2D eigenvalue weighted by molar-refractivity contribution is 6.07. The maximum absolute atomic E-state index is 12.6. The van der Waals surface area contributed by atoms with E-state index in [4.69, 9.17) is 0 Å². The summed E-state index contributed by atoms with van der Waals surface area (Å²) in [6, 6.07) is 2.69. The molecular formula is C19H24N4O4. The molecule has 8 heteroatoms. The molecule has 0 bridgehead atoms. The Morgan fingerprint density at radius 2 is 1.96 bits per heavy atom. The maximum Gasteiger partial charge on any atom is 0.325 e. The molecule has 1 aliphatic heterocycles. The third kappa shape index (κ3) is 3.24. The van der Waals surface area contributed by atoms with Crippen molar-refractivity contribution in [3.8, 4) is 0 Å². The summed E-state index contributed by atoms with van der Waals surface area (Å²) in [6.07, 6.45) is 5.78. The van der Waals surface area contributed by atoms with Crippen LogP contribution in [-0.2, 0) is 16.0 Å². The van der Waals surface area contributed by atoms with Gasteiger partial charge in [0.1, 0.15) is 5.54 Å². The summed E-state index contributed by atoms with van der Waals surface area (Å²) < 4.78 is 0. The lowest BCUT2D eigenvalue weighted by Crippen LogP contribution is -2.44. The summed E-state index contributed by atoms with van der Waals surface area (Å²) in [7, 11) is 0. The van der Waals surface area contributed by atoms with E-state index in [0.29, 0.717) is 12.8 Å². The Bertz CT molecular complexity index is 840. The van der Waals surface area contributed by atoms with Gasteiger partial charge in [0.05, 0.1) is 6.04 Å². The lowest BCUT2D eigenvalue weighted by molar-refractivity contribution is -0.131. The number of aryl methyl sites for hydroxylation is 1. The molecule has 3 aliphatic rings. The topological polar surface area (TPSA) is 111 Å². The minimum Gasteiger partial charge on any atom is -0.349 e. The fourth-order valence-corrected chi connectivity index (χ4v) is 4.53. The fourth-order valence-electron chi connectivity index (χ4n) is 4.53. The van der Waals surface area contributed by atoms with E-state index in [0.717, 1.165) is 43.4 Å². The van der Waals surface area contributed by atoms with Crippen molar-refractivity contribution >= 4 is 17.8 Å². The highest BCUT2D eigenvalue weighted by Gasteiger charge is 2.52. The normalized spacial score (nSPS) is 23.4. The second-order valence-electron chi connectivity index (χ2n) is 7.69. The van der Waals surface area contributed by atoms with Gasteiger partial charge in [0.15, 0.2) is 0 Å². The molecule has 144 valence electrons. The number of urea groups is 1. The Morgan fingerprint density at radius 1 is 1.19 bits per heavy atom. The number of aromatic amines is 1. The van der Waals surface area contributed by atoms with Crippen LogP contribution in [0.3, 0.4) is 0 Å². The van der Waals surface area contributed by atoms with Gasteiger partial charge in [-0.3, -0.25) is 19.3 Å². The van der Waals surface area contributed by atoms with E-state index in [-0.39, 0.29) is 36.4 Å². The number of pyridine rings is 1. The third-order valence-corrected chi connectivity index (χ3v) is 5.93. The molecule has 8 nitrogen and oxygen atoms in total. The predicted octanol–water partition coefficient (Wildman–Crippen LogP) is 1.12.